The largest absolute Gasteiger partial charge is 0.356 e. The van der Waals surface area contributed by atoms with Gasteiger partial charge in [-0.1, -0.05) is 30.3 Å². The SMILES string of the molecule is CN=C(NCCC(=O)N1CCc2sccc2C1)NC1CCN(Cc2ccccc2)CC1. The average Bonchev–Trinajstić information content (AvgIpc) is 3.28. The van der Waals surface area contributed by atoms with Crippen LogP contribution in [0, 0.1) is 0 Å². The van der Waals surface area contributed by atoms with Crippen LogP contribution in [-0.2, 0) is 24.3 Å². The van der Waals surface area contributed by atoms with E-state index >= 15 is 0 Å². The smallest absolute Gasteiger partial charge is 0.224 e. The second-order valence-corrected chi connectivity index (χ2v) is 9.36. The van der Waals surface area contributed by atoms with Gasteiger partial charge in [0.2, 0.25) is 5.91 Å². The van der Waals surface area contributed by atoms with E-state index in [0.717, 1.165) is 57.9 Å². The molecule has 6 nitrogen and oxygen atoms in total. The number of carbonyl (C=O) groups is 1. The molecular formula is C24H33N5OS. The fourth-order valence-electron chi connectivity index (χ4n) is 4.37. The molecule has 2 aromatic rings. The maximum Gasteiger partial charge on any atom is 0.224 e. The number of carbonyl (C=O) groups excluding carboxylic acids is 1. The molecule has 0 atom stereocenters. The lowest BCUT2D eigenvalue weighted by atomic mass is 10.0. The van der Waals surface area contributed by atoms with Gasteiger partial charge in [0.05, 0.1) is 0 Å². The quantitative estimate of drug-likeness (QED) is 0.537. The predicted octanol–water partition coefficient (Wildman–Crippen LogP) is 2.85. The first kappa shape index (κ1) is 21.8. The van der Waals surface area contributed by atoms with E-state index in [9.17, 15) is 4.79 Å². The highest BCUT2D eigenvalue weighted by Crippen LogP contribution is 2.24. The maximum atomic E-state index is 12.6. The molecule has 3 heterocycles. The molecule has 0 bridgehead atoms. The van der Waals surface area contributed by atoms with Crippen LogP contribution in [0.5, 0.6) is 0 Å². The minimum absolute atomic E-state index is 0.217. The van der Waals surface area contributed by atoms with Crippen LogP contribution in [0.1, 0.15) is 35.3 Å². The second kappa shape index (κ2) is 10.8. The van der Waals surface area contributed by atoms with E-state index in [2.05, 4.69) is 62.3 Å². The minimum atomic E-state index is 0.217. The summed E-state index contributed by atoms with van der Waals surface area (Å²) >= 11 is 1.80. The number of amides is 1. The van der Waals surface area contributed by atoms with Gasteiger partial charge in [0.1, 0.15) is 0 Å². The van der Waals surface area contributed by atoms with Crippen molar-refractivity contribution >= 4 is 23.2 Å². The molecule has 2 aliphatic heterocycles. The monoisotopic (exact) mass is 439 g/mol. The number of nitrogens with one attached hydrogen (secondary N) is 2. The first-order valence-corrected chi connectivity index (χ1v) is 12.2. The van der Waals surface area contributed by atoms with Crippen molar-refractivity contribution in [2.75, 3.05) is 33.2 Å². The van der Waals surface area contributed by atoms with Crippen LogP contribution in [0.2, 0.25) is 0 Å². The summed E-state index contributed by atoms with van der Waals surface area (Å²) in [6, 6.07) is 13.2. The van der Waals surface area contributed by atoms with Crippen LogP contribution in [-0.4, -0.2) is 60.9 Å². The Morgan fingerprint density at radius 2 is 1.97 bits per heavy atom. The van der Waals surface area contributed by atoms with Crippen LogP contribution in [0.25, 0.3) is 0 Å². The molecule has 7 heteroatoms. The van der Waals surface area contributed by atoms with Gasteiger partial charge in [-0.3, -0.25) is 14.7 Å². The number of thiophene rings is 1. The van der Waals surface area contributed by atoms with Gasteiger partial charge in [0.25, 0.3) is 0 Å². The molecular weight excluding hydrogens is 406 g/mol. The van der Waals surface area contributed by atoms with Crippen molar-refractivity contribution in [3.63, 3.8) is 0 Å². The molecule has 2 aliphatic rings. The van der Waals surface area contributed by atoms with Gasteiger partial charge in [-0.2, -0.15) is 0 Å². The Labute approximate surface area is 189 Å². The molecule has 1 aromatic heterocycles. The number of likely N-dealkylation sites (tertiary alicyclic amines) is 1. The van der Waals surface area contributed by atoms with Crippen molar-refractivity contribution in [1.29, 1.82) is 0 Å². The molecule has 2 N–H and O–H groups in total. The third-order valence-corrected chi connectivity index (χ3v) is 7.22. The Hall–Kier alpha value is -2.38. The Morgan fingerprint density at radius 3 is 2.74 bits per heavy atom. The molecule has 0 spiro atoms. The van der Waals surface area contributed by atoms with Gasteiger partial charge in [-0.25, -0.2) is 0 Å². The summed E-state index contributed by atoms with van der Waals surface area (Å²) < 4.78 is 0. The molecule has 4 rings (SSSR count). The van der Waals surface area contributed by atoms with Crippen molar-refractivity contribution in [3.05, 3.63) is 57.8 Å². The van der Waals surface area contributed by atoms with Gasteiger partial charge in [0.15, 0.2) is 5.96 Å². The lowest BCUT2D eigenvalue weighted by molar-refractivity contribution is -0.131. The summed E-state index contributed by atoms with van der Waals surface area (Å²) in [5.74, 6) is 1.02. The molecule has 1 saturated heterocycles. The van der Waals surface area contributed by atoms with Gasteiger partial charge in [-0.15, -0.1) is 11.3 Å². The zero-order valence-electron chi connectivity index (χ0n) is 18.3. The number of hydrogen-bond donors (Lipinski definition) is 2. The maximum absolute atomic E-state index is 12.6. The van der Waals surface area contributed by atoms with Crippen molar-refractivity contribution in [3.8, 4) is 0 Å². The third kappa shape index (κ3) is 6.08. The number of nitrogens with zero attached hydrogens (tertiary/aromatic N) is 3. The van der Waals surface area contributed by atoms with Gasteiger partial charge >= 0.3 is 0 Å². The summed E-state index contributed by atoms with van der Waals surface area (Å²) in [5, 5.41) is 9.00. The number of piperidine rings is 1. The Kier molecular flexibility index (Phi) is 7.59. The topological polar surface area (TPSA) is 60.0 Å². The first-order valence-electron chi connectivity index (χ1n) is 11.3. The standard InChI is InChI=1S/C24H33N5OS/c1-25-24(26-12-7-23(30)29-15-10-22-20(18-29)11-16-31-22)27-21-8-13-28(14-9-21)17-19-5-3-2-4-6-19/h2-6,11,16,21H,7-10,12-15,17-18H2,1H3,(H2,25,26,27). The number of benzene rings is 1. The van der Waals surface area contributed by atoms with E-state index in [1.54, 1.807) is 18.4 Å². The molecule has 0 unspecified atom stereocenters. The highest BCUT2D eigenvalue weighted by Gasteiger charge is 2.22. The number of rotatable bonds is 6. The highest BCUT2D eigenvalue weighted by atomic mass is 32.1. The lowest BCUT2D eigenvalue weighted by Crippen LogP contribution is -2.49. The summed E-state index contributed by atoms with van der Waals surface area (Å²) in [4.78, 5) is 22.9. The molecule has 0 saturated carbocycles. The summed E-state index contributed by atoms with van der Waals surface area (Å²) in [5.41, 5.74) is 2.69. The zero-order chi connectivity index (χ0) is 21.5. The first-order chi connectivity index (χ1) is 15.2. The number of aliphatic imine (C=N–C) groups is 1. The zero-order valence-corrected chi connectivity index (χ0v) is 19.2. The Morgan fingerprint density at radius 1 is 1.16 bits per heavy atom. The van der Waals surface area contributed by atoms with Gasteiger partial charge in [-0.05, 0) is 41.8 Å². The van der Waals surface area contributed by atoms with Crippen molar-refractivity contribution < 1.29 is 4.79 Å². The molecule has 0 radical (unpaired) electrons. The van der Waals surface area contributed by atoms with Gasteiger partial charge in [0, 0.05) is 63.7 Å². The predicted molar refractivity (Wildman–Crippen MR) is 127 cm³/mol. The molecule has 1 aromatic carbocycles. The van der Waals surface area contributed by atoms with Crippen LogP contribution >= 0.6 is 11.3 Å². The van der Waals surface area contributed by atoms with Crippen molar-refractivity contribution in [2.24, 2.45) is 4.99 Å². The average molecular weight is 440 g/mol. The summed E-state index contributed by atoms with van der Waals surface area (Å²) in [6.07, 6.45) is 3.68. The normalized spacial score (nSPS) is 18.0. The molecule has 0 aliphatic carbocycles. The van der Waals surface area contributed by atoms with Crippen LogP contribution in [0.15, 0.2) is 46.8 Å². The second-order valence-electron chi connectivity index (χ2n) is 8.36. The van der Waals surface area contributed by atoms with Crippen LogP contribution < -0.4 is 10.6 Å². The van der Waals surface area contributed by atoms with E-state index in [-0.39, 0.29) is 5.91 Å². The lowest BCUT2D eigenvalue weighted by Gasteiger charge is -2.33. The Balaban J connectivity index is 1.15. The summed E-state index contributed by atoms with van der Waals surface area (Å²) in [6.45, 7) is 5.39. The number of fused-ring (bicyclic) bond motifs is 1. The van der Waals surface area contributed by atoms with Crippen molar-refractivity contribution in [2.45, 2.75) is 44.8 Å². The Bertz CT molecular complexity index is 873. The van der Waals surface area contributed by atoms with E-state index in [0.29, 0.717) is 19.0 Å². The van der Waals surface area contributed by atoms with Gasteiger partial charge < -0.3 is 15.5 Å². The molecule has 31 heavy (non-hydrogen) atoms. The van der Waals surface area contributed by atoms with E-state index in [4.69, 9.17) is 0 Å². The fraction of sp³-hybridized carbons (Fsp3) is 0.500. The number of hydrogen-bond acceptors (Lipinski definition) is 4. The van der Waals surface area contributed by atoms with Crippen molar-refractivity contribution in [1.82, 2.24) is 20.4 Å². The molecule has 1 fully saturated rings. The third-order valence-electron chi connectivity index (χ3n) is 6.19. The van der Waals surface area contributed by atoms with E-state index < -0.39 is 0 Å². The van der Waals surface area contributed by atoms with E-state index in [1.807, 2.05) is 4.90 Å². The van der Waals surface area contributed by atoms with E-state index in [1.165, 1.54) is 16.0 Å². The van der Waals surface area contributed by atoms with Crippen LogP contribution in [0.4, 0.5) is 0 Å². The minimum Gasteiger partial charge on any atom is -0.356 e. The fourth-order valence-corrected chi connectivity index (χ4v) is 5.26. The summed E-state index contributed by atoms with van der Waals surface area (Å²) in [7, 11) is 1.80. The highest BCUT2D eigenvalue weighted by molar-refractivity contribution is 7.10. The molecule has 1 amide bonds. The van der Waals surface area contributed by atoms with Crippen LogP contribution in [0.3, 0.4) is 0 Å². The molecule has 166 valence electrons. The number of guanidine groups is 1.